The molecule has 0 radical (unpaired) electrons. The summed E-state index contributed by atoms with van der Waals surface area (Å²) in [5, 5.41) is 2.52. The van der Waals surface area contributed by atoms with Gasteiger partial charge in [-0.3, -0.25) is 4.79 Å². The van der Waals surface area contributed by atoms with E-state index in [-0.39, 0.29) is 5.91 Å². The van der Waals surface area contributed by atoms with Crippen molar-refractivity contribution in [3.63, 3.8) is 0 Å². The summed E-state index contributed by atoms with van der Waals surface area (Å²) in [4.78, 5) is 13.0. The van der Waals surface area contributed by atoms with Crippen LogP contribution >= 0.6 is 0 Å². The van der Waals surface area contributed by atoms with Crippen molar-refractivity contribution in [2.45, 2.75) is 43.9 Å². The van der Waals surface area contributed by atoms with Crippen molar-refractivity contribution < 1.29 is 13.2 Å². The predicted molar refractivity (Wildman–Crippen MR) is 132 cm³/mol. The van der Waals surface area contributed by atoms with E-state index in [0.29, 0.717) is 17.0 Å². The van der Waals surface area contributed by atoms with Crippen LogP contribution in [0.15, 0.2) is 84.0 Å². The monoisotopic (exact) mass is 460 g/mol. The van der Waals surface area contributed by atoms with Crippen molar-refractivity contribution in [3.8, 4) is 11.1 Å². The number of hydrogen-bond acceptors (Lipinski definition) is 3. The van der Waals surface area contributed by atoms with Gasteiger partial charge in [-0.2, -0.15) is 0 Å². The summed E-state index contributed by atoms with van der Waals surface area (Å²) in [6.07, 6.45) is 4.75. The Hall–Kier alpha value is -3.38. The number of carbonyl (C=O) groups excluding carboxylic acids is 1. The second kappa shape index (κ2) is 9.24. The van der Waals surface area contributed by atoms with E-state index >= 15 is 0 Å². The standard InChI is InChI=1S/C27H28N2O3S/c1-4-20-5-7-21(8-6-20)16-28-27(30)24-15-25-12-9-23(17-29(25)18-24)22-10-13-26(14-11-22)33(31,32)19(2)3/h5-15,17-19H,4,16H2,1-3H3,(H,28,30). The number of nitrogens with zero attached hydrogens (tertiary/aromatic N) is 1. The number of carbonyl (C=O) groups is 1. The molecular formula is C27H28N2O3S. The second-order valence-electron chi connectivity index (χ2n) is 8.45. The third kappa shape index (κ3) is 4.86. The number of amides is 1. The quantitative estimate of drug-likeness (QED) is 0.408. The molecule has 0 spiro atoms. The minimum absolute atomic E-state index is 0.122. The van der Waals surface area contributed by atoms with E-state index in [1.807, 2.05) is 59.3 Å². The lowest BCUT2D eigenvalue weighted by Crippen LogP contribution is -2.22. The fraction of sp³-hybridized carbons (Fsp3) is 0.222. The van der Waals surface area contributed by atoms with Gasteiger partial charge in [0, 0.05) is 24.5 Å². The average molecular weight is 461 g/mol. The van der Waals surface area contributed by atoms with Crippen LogP contribution in [0.25, 0.3) is 16.6 Å². The molecule has 2 aromatic heterocycles. The van der Waals surface area contributed by atoms with Crippen LogP contribution in [-0.2, 0) is 22.8 Å². The Morgan fingerprint density at radius 3 is 2.15 bits per heavy atom. The van der Waals surface area contributed by atoms with Gasteiger partial charge in [-0.05, 0) is 66.8 Å². The van der Waals surface area contributed by atoms with E-state index in [0.717, 1.165) is 28.6 Å². The number of pyridine rings is 1. The number of aryl methyl sites for hydroxylation is 1. The lowest BCUT2D eigenvalue weighted by molar-refractivity contribution is 0.0951. The predicted octanol–water partition coefficient (Wildman–Crippen LogP) is 5.28. The van der Waals surface area contributed by atoms with E-state index in [4.69, 9.17) is 0 Å². The molecule has 1 amide bonds. The summed E-state index contributed by atoms with van der Waals surface area (Å²) in [5.74, 6) is -0.122. The fourth-order valence-corrected chi connectivity index (χ4v) is 4.75. The van der Waals surface area contributed by atoms with Crippen molar-refractivity contribution in [2.75, 3.05) is 0 Å². The third-order valence-corrected chi connectivity index (χ3v) is 8.05. The third-order valence-electron chi connectivity index (χ3n) is 5.87. The Balaban J connectivity index is 1.50. The summed E-state index contributed by atoms with van der Waals surface area (Å²) in [5.41, 5.74) is 5.69. The highest BCUT2D eigenvalue weighted by Crippen LogP contribution is 2.24. The molecule has 170 valence electrons. The molecule has 6 heteroatoms. The lowest BCUT2D eigenvalue weighted by Gasteiger charge is -2.09. The van der Waals surface area contributed by atoms with Gasteiger partial charge in [-0.25, -0.2) is 8.42 Å². The maximum atomic E-state index is 12.7. The first-order valence-corrected chi connectivity index (χ1v) is 12.6. The Morgan fingerprint density at radius 1 is 0.879 bits per heavy atom. The summed E-state index contributed by atoms with van der Waals surface area (Å²) in [6.45, 7) is 5.95. The number of benzene rings is 2. The van der Waals surface area contributed by atoms with E-state index in [1.54, 1.807) is 26.0 Å². The minimum atomic E-state index is -3.30. The molecule has 0 aliphatic heterocycles. The first-order valence-electron chi connectivity index (χ1n) is 11.1. The van der Waals surface area contributed by atoms with Crippen LogP contribution < -0.4 is 5.32 Å². The van der Waals surface area contributed by atoms with Crippen LogP contribution in [0, 0.1) is 0 Å². The first kappa shape index (κ1) is 22.8. The zero-order chi connectivity index (χ0) is 23.6. The highest BCUT2D eigenvalue weighted by molar-refractivity contribution is 7.92. The average Bonchev–Trinajstić information content (AvgIpc) is 3.26. The van der Waals surface area contributed by atoms with Gasteiger partial charge in [0.05, 0.1) is 15.7 Å². The SMILES string of the molecule is CCc1ccc(CNC(=O)c2cc3ccc(-c4ccc(S(=O)(=O)C(C)C)cc4)cn3c2)cc1. The van der Waals surface area contributed by atoms with E-state index < -0.39 is 15.1 Å². The van der Waals surface area contributed by atoms with Crippen molar-refractivity contribution >= 4 is 21.3 Å². The highest BCUT2D eigenvalue weighted by Gasteiger charge is 2.19. The molecule has 33 heavy (non-hydrogen) atoms. The number of nitrogens with one attached hydrogen (secondary N) is 1. The van der Waals surface area contributed by atoms with Crippen LogP contribution in [-0.4, -0.2) is 24.0 Å². The minimum Gasteiger partial charge on any atom is -0.348 e. The van der Waals surface area contributed by atoms with E-state index in [2.05, 4.69) is 24.4 Å². The fourth-order valence-electron chi connectivity index (χ4n) is 3.69. The van der Waals surface area contributed by atoms with Crippen LogP contribution in [0.1, 0.15) is 42.3 Å². The van der Waals surface area contributed by atoms with Crippen molar-refractivity contribution in [2.24, 2.45) is 0 Å². The summed E-state index contributed by atoms with van der Waals surface area (Å²) < 4.78 is 26.6. The van der Waals surface area contributed by atoms with Gasteiger partial charge < -0.3 is 9.72 Å². The van der Waals surface area contributed by atoms with E-state index in [9.17, 15) is 13.2 Å². The number of hydrogen-bond donors (Lipinski definition) is 1. The molecular weight excluding hydrogens is 432 g/mol. The molecule has 0 saturated heterocycles. The van der Waals surface area contributed by atoms with Crippen LogP contribution in [0.5, 0.6) is 0 Å². The lowest BCUT2D eigenvalue weighted by atomic mass is 10.1. The zero-order valence-corrected chi connectivity index (χ0v) is 19.9. The van der Waals surface area contributed by atoms with Gasteiger partial charge in [0.1, 0.15) is 0 Å². The molecule has 2 heterocycles. The maximum Gasteiger partial charge on any atom is 0.253 e. The molecule has 4 aromatic rings. The van der Waals surface area contributed by atoms with Crippen molar-refractivity contribution in [1.82, 2.24) is 9.72 Å². The van der Waals surface area contributed by atoms with Gasteiger partial charge in [0.2, 0.25) is 0 Å². The van der Waals surface area contributed by atoms with Gasteiger partial charge in [0.15, 0.2) is 9.84 Å². The van der Waals surface area contributed by atoms with Crippen molar-refractivity contribution in [3.05, 3.63) is 95.8 Å². The Morgan fingerprint density at radius 2 is 1.52 bits per heavy atom. The maximum absolute atomic E-state index is 12.7. The summed E-state index contributed by atoms with van der Waals surface area (Å²) in [7, 11) is -3.30. The number of rotatable bonds is 7. The zero-order valence-electron chi connectivity index (χ0n) is 19.1. The molecule has 0 saturated carbocycles. The summed E-state index contributed by atoms with van der Waals surface area (Å²) in [6, 6.07) is 21.0. The Labute approximate surface area is 195 Å². The van der Waals surface area contributed by atoms with Gasteiger partial charge in [-0.1, -0.05) is 49.4 Å². The molecule has 4 rings (SSSR count). The number of aromatic nitrogens is 1. The van der Waals surface area contributed by atoms with Gasteiger partial charge in [0.25, 0.3) is 5.91 Å². The molecule has 1 N–H and O–H groups in total. The Bertz CT molecular complexity index is 1380. The molecule has 0 unspecified atom stereocenters. The molecule has 2 aromatic carbocycles. The topological polar surface area (TPSA) is 67.7 Å². The molecule has 5 nitrogen and oxygen atoms in total. The molecule has 0 fully saturated rings. The second-order valence-corrected chi connectivity index (χ2v) is 11.0. The molecule has 0 aliphatic carbocycles. The van der Waals surface area contributed by atoms with Gasteiger partial charge >= 0.3 is 0 Å². The molecule has 0 bridgehead atoms. The highest BCUT2D eigenvalue weighted by atomic mass is 32.2. The van der Waals surface area contributed by atoms with Crippen LogP contribution in [0.2, 0.25) is 0 Å². The molecule has 0 atom stereocenters. The number of sulfone groups is 1. The van der Waals surface area contributed by atoms with Crippen LogP contribution in [0.4, 0.5) is 0 Å². The Kier molecular flexibility index (Phi) is 6.38. The van der Waals surface area contributed by atoms with Crippen molar-refractivity contribution in [1.29, 1.82) is 0 Å². The smallest absolute Gasteiger partial charge is 0.253 e. The first-order chi connectivity index (χ1) is 15.8. The van der Waals surface area contributed by atoms with Crippen LogP contribution in [0.3, 0.4) is 0 Å². The summed E-state index contributed by atoms with van der Waals surface area (Å²) >= 11 is 0. The normalized spacial score (nSPS) is 11.8. The van der Waals surface area contributed by atoms with E-state index in [1.165, 1.54) is 5.56 Å². The largest absolute Gasteiger partial charge is 0.348 e. The van der Waals surface area contributed by atoms with Gasteiger partial charge in [-0.15, -0.1) is 0 Å². The molecule has 0 aliphatic rings. The number of fused-ring (bicyclic) bond motifs is 1.